The van der Waals surface area contributed by atoms with Gasteiger partial charge in [0, 0.05) is 32.2 Å². The van der Waals surface area contributed by atoms with Crippen molar-refractivity contribution in [3.8, 4) is 0 Å². The highest BCUT2D eigenvalue weighted by atomic mass is 32.2. The minimum absolute atomic E-state index is 0.125. The molecule has 2 unspecified atom stereocenters. The lowest BCUT2D eigenvalue weighted by molar-refractivity contribution is 0.0960. The Morgan fingerprint density at radius 3 is 2.46 bits per heavy atom. The Hall–Kier alpha value is -1.18. The molecule has 2 rings (SSSR count). The van der Waals surface area contributed by atoms with E-state index in [9.17, 15) is 13.5 Å². The van der Waals surface area contributed by atoms with Crippen LogP contribution in [-0.4, -0.2) is 66.5 Å². The number of nitrogens with zero attached hydrogens (tertiary/aromatic N) is 3. The van der Waals surface area contributed by atoms with Crippen LogP contribution in [0.5, 0.6) is 0 Å². The summed E-state index contributed by atoms with van der Waals surface area (Å²) in [4.78, 5) is 8.68. The van der Waals surface area contributed by atoms with Crippen molar-refractivity contribution in [1.82, 2.24) is 9.88 Å². The smallest absolute Gasteiger partial charge is 0.200 e. The molecular weight excluding hydrogens is 326 g/mol. The Morgan fingerprint density at radius 1 is 1.33 bits per heavy atom. The van der Waals surface area contributed by atoms with Gasteiger partial charge in [-0.3, -0.25) is 4.90 Å². The number of β-amino-alcohol motifs (C(OH)–C–C–N with tert-alkyl or cyclic N) is 1. The average molecular weight is 356 g/mol. The first-order valence-corrected chi connectivity index (χ1v) is 9.88. The van der Waals surface area contributed by atoms with E-state index in [4.69, 9.17) is 0 Å². The number of hydrogen-bond donors (Lipinski definition) is 1. The molecule has 0 amide bonds. The van der Waals surface area contributed by atoms with E-state index >= 15 is 0 Å². The first-order valence-electron chi connectivity index (χ1n) is 8.40. The molecule has 0 bridgehead atoms. The van der Waals surface area contributed by atoms with Gasteiger partial charge in [0.1, 0.15) is 0 Å². The van der Waals surface area contributed by atoms with Gasteiger partial charge in [0.2, 0.25) is 0 Å². The summed E-state index contributed by atoms with van der Waals surface area (Å²) in [6.45, 7) is 12.2. The van der Waals surface area contributed by atoms with Crippen LogP contribution in [0, 0.1) is 0 Å². The van der Waals surface area contributed by atoms with Crippen molar-refractivity contribution in [3.05, 3.63) is 18.3 Å². The fourth-order valence-electron chi connectivity index (χ4n) is 2.87. The van der Waals surface area contributed by atoms with Crippen LogP contribution in [0.1, 0.15) is 34.6 Å². The molecule has 1 N–H and O–H groups in total. The second-order valence-electron chi connectivity index (χ2n) is 7.61. The van der Waals surface area contributed by atoms with Gasteiger partial charge < -0.3 is 10.0 Å². The van der Waals surface area contributed by atoms with Gasteiger partial charge in [-0.05, 0) is 46.8 Å². The number of aliphatic hydroxyl groups is 1. The number of hydrogen-bond acceptors (Lipinski definition) is 6. The molecule has 1 aliphatic rings. The van der Waals surface area contributed by atoms with Crippen molar-refractivity contribution in [2.45, 2.75) is 56.5 Å². The third-order valence-corrected chi connectivity index (χ3v) is 6.84. The Bertz CT molecular complexity index is 651. The van der Waals surface area contributed by atoms with Gasteiger partial charge in [-0.2, -0.15) is 0 Å². The summed E-state index contributed by atoms with van der Waals surface area (Å²) in [5.74, 6) is 0. The monoisotopic (exact) mass is 355 g/mol. The molecule has 1 aliphatic heterocycles. The van der Waals surface area contributed by atoms with Gasteiger partial charge in [-0.1, -0.05) is 0 Å². The van der Waals surface area contributed by atoms with Crippen molar-refractivity contribution in [2.75, 3.05) is 31.1 Å². The van der Waals surface area contributed by atoms with Gasteiger partial charge in [0.05, 0.1) is 22.7 Å². The maximum atomic E-state index is 12.4. The lowest BCUT2D eigenvalue weighted by Gasteiger charge is -2.41. The predicted octanol–water partition coefficient (Wildman–Crippen LogP) is 1.55. The maximum absolute atomic E-state index is 12.4. The van der Waals surface area contributed by atoms with Gasteiger partial charge >= 0.3 is 0 Å². The molecule has 6 nitrogen and oxygen atoms in total. The first-order chi connectivity index (χ1) is 11.0. The fourth-order valence-corrected chi connectivity index (χ4v) is 3.94. The van der Waals surface area contributed by atoms with E-state index in [0.29, 0.717) is 12.6 Å². The molecule has 1 aromatic heterocycles. The van der Waals surface area contributed by atoms with Crippen molar-refractivity contribution in [2.24, 2.45) is 0 Å². The fraction of sp³-hybridized carbons (Fsp3) is 0.706. The molecular formula is C17H29N3O3S. The molecule has 24 heavy (non-hydrogen) atoms. The number of aliphatic hydroxyl groups excluding tert-OH is 1. The third-order valence-electron chi connectivity index (χ3n) is 4.43. The Morgan fingerprint density at radius 2 is 2.00 bits per heavy atom. The first kappa shape index (κ1) is 19.1. The Balaban J connectivity index is 2.10. The number of sulfone groups is 1. The SMILES string of the molecule is CC(O)CN1CCN(c2ccc(S(=O)(=O)C(C)(C)C)nc2)CC1C. The average Bonchev–Trinajstić information content (AvgIpc) is 2.48. The van der Waals surface area contributed by atoms with E-state index < -0.39 is 14.6 Å². The highest BCUT2D eigenvalue weighted by Crippen LogP contribution is 2.25. The second kappa shape index (κ2) is 6.98. The summed E-state index contributed by atoms with van der Waals surface area (Å²) in [7, 11) is -3.42. The molecule has 0 spiro atoms. The highest BCUT2D eigenvalue weighted by Gasteiger charge is 2.32. The van der Waals surface area contributed by atoms with Gasteiger partial charge in [-0.15, -0.1) is 0 Å². The van der Waals surface area contributed by atoms with Crippen LogP contribution in [0.4, 0.5) is 5.69 Å². The van der Waals surface area contributed by atoms with E-state index in [1.54, 1.807) is 40.0 Å². The number of anilines is 1. The molecule has 0 radical (unpaired) electrons. The standard InChI is InChI=1S/C17H29N3O3S/c1-13-11-20(9-8-19(13)12-14(2)21)15-6-7-16(18-10-15)24(22,23)17(3,4)5/h6-7,10,13-14,21H,8-9,11-12H2,1-5H3. The number of rotatable bonds is 4. The van der Waals surface area contributed by atoms with E-state index in [0.717, 1.165) is 25.3 Å². The molecule has 2 atom stereocenters. The van der Waals surface area contributed by atoms with Crippen molar-refractivity contribution in [1.29, 1.82) is 0 Å². The minimum atomic E-state index is -3.42. The quantitative estimate of drug-likeness (QED) is 0.883. The Kier molecular flexibility index (Phi) is 5.57. The van der Waals surface area contributed by atoms with Crippen LogP contribution in [0.3, 0.4) is 0 Å². The van der Waals surface area contributed by atoms with Crippen molar-refractivity contribution < 1.29 is 13.5 Å². The lowest BCUT2D eigenvalue weighted by atomic mass is 10.1. The largest absolute Gasteiger partial charge is 0.392 e. The normalized spacial score (nSPS) is 21.8. The van der Waals surface area contributed by atoms with Gasteiger partial charge in [0.25, 0.3) is 0 Å². The topological polar surface area (TPSA) is 73.7 Å². The lowest BCUT2D eigenvalue weighted by Crippen LogP contribution is -2.53. The zero-order chi connectivity index (χ0) is 18.1. The molecule has 7 heteroatoms. The molecule has 1 fully saturated rings. The molecule has 0 saturated carbocycles. The van der Waals surface area contributed by atoms with Crippen molar-refractivity contribution in [3.63, 3.8) is 0 Å². The number of piperazine rings is 1. The molecule has 2 heterocycles. The highest BCUT2D eigenvalue weighted by molar-refractivity contribution is 7.92. The van der Waals surface area contributed by atoms with E-state index in [1.165, 1.54) is 0 Å². The van der Waals surface area contributed by atoms with E-state index in [1.807, 2.05) is 6.07 Å². The predicted molar refractivity (Wildman–Crippen MR) is 96.1 cm³/mol. The zero-order valence-corrected chi connectivity index (χ0v) is 16.0. The molecule has 136 valence electrons. The molecule has 1 saturated heterocycles. The maximum Gasteiger partial charge on any atom is 0.200 e. The summed E-state index contributed by atoms with van der Waals surface area (Å²) in [5, 5.41) is 9.68. The van der Waals surface area contributed by atoms with E-state index in [-0.39, 0.29) is 11.1 Å². The van der Waals surface area contributed by atoms with Gasteiger partial charge in [0.15, 0.2) is 14.9 Å². The van der Waals surface area contributed by atoms with Gasteiger partial charge in [-0.25, -0.2) is 13.4 Å². The van der Waals surface area contributed by atoms with Crippen LogP contribution >= 0.6 is 0 Å². The van der Waals surface area contributed by atoms with E-state index in [2.05, 4.69) is 21.7 Å². The second-order valence-corrected chi connectivity index (χ2v) is 10.3. The summed E-state index contributed by atoms with van der Waals surface area (Å²) in [6, 6.07) is 3.76. The van der Waals surface area contributed by atoms with Crippen LogP contribution in [0.25, 0.3) is 0 Å². The van der Waals surface area contributed by atoms with Crippen LogP contribution in [0.15, 0.2) is 23.4 Å². The Labute approximate surface area is 145 Å². The molecule has 0 aliphatic carbocycles. The van der Waals surface area contributed by atoms with Crippen LogP contribution in [0.2, 0.25) is 0 Å². The summed E-state index contributed by atoms with van der Waals surface area (Å²) >= 11 is 0. The summed E-state index contributed by atoms with van der Waals surface area (Å²) < 4.78 is 24.0. The molecule has 1 aromatic rings. The van der Waals surface area contributed by atoms with Crippen molar-refractivity contribution >= 4 is 15.5 Å². The summed E-state index contributed by atoms with van der Waals surface area (Å²) in [6.07, 6.45) is 1.32. The minimum Gasteiger partial charge on any atom is -0.392 e. The zero-order valence-electron chi connectivity index (χ0n) is 15.2. The van der Waals surface area contributed by atoms with Crippen LogP contribution in [-0.2, 0) is 9.84 Å². The number of pyridine rings is 1. The molecule has 0 aromatic carbocycles. The van der Waals surface area contributed by atoms with Crippen LogP contribution < -0.4 is 4.90 Å². The third kappa shape index (κ3) is 4.07. The number of aromatic nitrogens is 1. The summed E-state index contributed by atoms with van der Waals surface area (Å²) in [5.41, 5.74) is 0.936.